The number of esters is 1. The van der Waals surface area contributed by atoms with Crippen LogP contribution in [-0.4, -0.2) is 25.5 Å². The highest BCUT2D eigenvalue weighted by atomic mass is 16.5. The first-order valence-corrected chi connectivity index (χ1v) is 5.71. The van der Waals surface area contributed by atoms with Crippen molar-refractivity contribution in [1.82, 2.24) is 5.32 Å². The smallest absolute Gasteiger partial charge is 0.341 e. The molecular weight excluding hydrogens is 236 g/mol. The van der Waals surface area contributed by atoms with Crippen molar-refractivity contribution in [1.29, 1.82) is 0 Å². The average molecular weight is 254 g/mol. The van der Waals surface area contributed by atoms with E-state index < -0.39 is 5.97 Å². The van der Waals surface area contributed by atoms with Crippen LogP contribution in [0.25, 0.3) is 0 Å². The first-order chi connectivity index (χ1) is 8.54. The first kappa shape index (κ1) is 14.2. The largest absolute Gasteiger partial charge is 0.465 e. The Bertz CT molecular complexity index is 426. The third-order valence-corrected chi connectivity index (χ3v) is 2.45. The van der Waals surface area contributed by atoms with Gasteiger partial charge in [0, 0.05) is 6.42 Å². The van der Waals surface area contributed by atoms with Crippen LogP contribution in [0.2, 0.25) is 0 Å². The zero-order valence-corrected chi connectivity index (χ0v) is 10.6. The van der Waals surface area contributed by atoms with Crippen LogP contribution in [0.1, 0.15) is 34.7 Å². The molecular formula is C12H18N2O4. The molecule has 1 aromatic rings. The minimum absolute atomic E-state index is 0.307. The van der Waals surface area contributed by atoms with E-state index in [0.29, 0.717) is 43.0 Å². The number of methoxy groups -OCH3 is 1. The summed E-state index contributed by atoms with van der Waals surface area (Å²) in [5.41, 5.74) is 5.46. The van der Waals surface area contributed by atoms with Crippen molar-refractivity contribution in [3.05, 3.63) is 23.2 Å². The van der Waals surface area contributed by atoms with Gasteiger partial charge in [0.2, 0.25) is 5.91 Å². The van der Waals surface area contributed by atoms with Gasteiger partial charge in [-0.05, 0) is 26.0 Å². The molecule has 0 spiro atoms. The summed E-state index contributed by atoms with van der Waals surface area (Å²) in [6.07, 6.45) is 1.04. The standard InChI is InChI=1S/C12H18N2O4/c1-8-10(12(16)17-2)6-9(18-8)7-14-5-3-4-11(13)15/h6,14H,3-5,7H2,1-2H3,(H2,13,15). The van der Waals surface area contributed by atoms with Crippen molar-refractivity contribution in [2.45, 2.75) is 26.3 Å². The van der Waals surface area contributed by atoms with Gasteiger partial charge in [0.05, 0.1) is 13.7 Å². The lowest BCUT2D eigenvalue weighted by Gasteiger charge is -2.00. The van der Waals surface area contributed by atoms with Gasteiger partial charge >= 0.3 is 5.97 Å². The second-order valence-electron chi connectivity index (χ2n) is 3.92. The normalized spacial score (nSPS) is 10.3. The Morgan fingerprint density at radius 2 is 2.22 bits per heavy atom. The van der Waals surface area contributed by atoms with Gasteiger partial charge in [-0.3, -0.25) is 4.79 Å². The Kier molecular flexibility index (Phi) is 5.38. The molecule has 1 amide bonds. The SMILES string of the molecule is COC(=O)c1cc(CNCCCC(N)=O)oc1C. The number of carbonyl (C=O) groups is 2. The summed E-state index contributed by atoms with van der Waals surface area (Å²) >= 11 is 0. The average Bonchev–Trinajstić information content (AvgIpc) is 2.69. The van der Waals surface area contributed by atoms with Crippen molar-refractivity contribution in [3.63, 3.8) is 0 Å². The van der Waals surface area contributed by atoms with Crippen LogP contribution >= 0.6 is 0 Å². The highest BCUT2D eigenvalue weighted by Gasteiger charge is 2.14. The fourth-order valence-corrected chi connectivity index (χ4v) is 1.54. The summed E-state index contributed by atoms with van der Waals surface area (Å²) in [6.45, 7) is 2.87. The second-order valence-corrected chi connectivity index (χ2v) is 3.92. The number of ether oxygens (including phenoxy) is 1. The number of primary amides is 1. The van der Waals surface area contributed by atoms with Crippen LogP contribution in [0, 0.1) is 6.92 Å². The van der Waals surface area contributed by atoms with Crippen molar-refractivity contribution >= 4 is 11.9 Å². The molecule has 0 saturated heterocycles. The third-order valence-electron chi connectivity index (χ3n) is 2.45. The monoisotopic (exact) mass is 254 g/mol. The predicted octanol–water partition coefficient (Wildman–Crippen LogP) is 0.730. The first-order valence-electron chi connectivity index (χ1n) is 5.71. The van der Waals surface area contributed by atoms with Crippen LogP contribution in [0.5, 0.6) is 0 Å². The summed E-state index contributed by atoms with van der Waals surface area (Å²) in [4.78, 5) is 21.9. The number of furan rings is 1. The molecule has 3 N–H and O–H groups in total. The molecule has 0 aliphatic heterocycles. The van der Waals surface area contributed by atoms with E-state index in [2.05, 4.69) is 10.1 Å². The number of aryl methyl sites for hydroxylation is 1. The summed E-state index contributed by atoms with van der Waals surface area (Å²) in [6, 6.07) is 1.66. The lowest BCUT2D eigenvalue weighted by atomic mass is 10.2. The van der Waals surface area contributed by atoms with E-state index in [0.717, 1.165) is 0 Å². The predicted molar refractivity (Wildman–Crippen MR) is 64.9 cm³/mol. The molecule has 0 unspecified atom stereocenters. The van der Waals surface area contributed by atoms with E-state index in [-0.39, 0.29) is 5.91 Å². The minimum Gasteiger partial charge on any atom is -0.465 e. The maximum absolute atomic E-state index is 11.3. The topological polar surface area (TPSA) is 94.6 Å². The lowest BCUT2D eigenvalue weighted by molar-refractivity contribution is -0.118. The van der Waals surface area contributed by atoms with Crippen LogP contribution in [0.4, 0.5) is 0 Å². The highest BCUT2D eigenvalue weighted by Crippen LogP contribution is 2.15. The molecule has 0 aliphatic rings. The molecule has 0 bridgehead atoms. The van der Waals surface area contributed by atoms with Gasteiger partial charge in [-0.25, -0.2) is 4.79 Å². The van der Waals surface area contributed by atoms with Gasteiger partial charge in [0.25, 0.3) is 0 Å². The fourth-order valence-electron chi connectivity index (χ4n) is 1.54. The van der Waals surface area contributed by atoms with Crippen LogP contribution < -0.4 is 11.1 Å². The number of hydrogen-bond donors (Lipinski definition) is 2. The van der Waals surface area contributed by atoms with Crippen molar-refractivity contribution < 1.29 is 18.7 Å². The highest BCUT2D eigenvalue weighted by molar-refractivity contribution is 5.90. The zero-order chi connectivity index (χ0) is 13.5. The van der Waals surface area contributed by atoms with Gasteiger partial charge in [0.1, 0.15) is 17.1 Å². The Hall–Kier alpha value is -1.82. The Balaban J connectivity index is 2.39. The van der Waals surface area contributed by atoms with E-state index in [1.807, 2.05) is 0 Å². The van der Waals surface area contributed by atoms with E-state index in [1.165, 1.54) is 7.11 Å². The molecule has 18 heavy (non-hydrogen) atoms. The maximum atomic E-state index is 11.3. The fraction of sp³-hybridized carbons (Fsp3) is 0.500. The van der Waals surface area contributed by atoms with Crippen LogP contribution in [0.3, 0.4) is 0 Å². The van der Waals surface area contributed by atoms with E-state index in [9.17, 15) is 9.59 Å². The molecule has 6 nitrogen and oxygen atoms in total. The Morgan fingerprint density at radius 1 is 1.50 bits per heavy atom. The molecule has 0 fully saturated rings. The molecule has 1 rings (SSSR count). The van der Waals surface area contributed by atoms with E-state index in [4.69, 9.17) is 10.2 Å². The summed E-state index contributed by atoms with van der Waals surface area (Å²) < 4.78 is 10.0. The van der Waals surface area contributed by atoms with E-state index >= 15 is 0 Å². The number of nitrogens with one attached hydrogen (secondary N) is 1. The molecule has 0 saturated carbocycles. The molecule has 0 atom stereocenters. The number of nitrogens with two attached hydrogens (primary N) is 1. The quantitative estimate of drug-likeness (QED) is 0.552. The molecule has 0 aromatic carbocycles. The Morgan fingerprint density at radius 3 is 2.83 bits per heavy atom. The van der Waals surface area contributed by atoms with Gasteiger partial charge in [0.15, 0.2) is 0 Å². The molecule has 1 heterocycles. The third kappa shape index (κ3) is 4.21. The summed E-state index contributed by atoms with van der Waals surface area (Å²) in [5, 5.41) is 3.10. The molecule has 1 aromatic heterocycles. The second kappa shape index (κ2) is 6.80. The maximum Gasteiger partial charge on any atom is 0.341 e. The van der Waals surface area contributed by atoms with Crippen molar-refractivity contribution in [2.24, 2.45) is 5.73 Å². The molecule has 6 heteroatoms. The number of hydrogen-bond acceptors (Lipinski definition) is 5. The summed E-state index contributed by atoms with van der Waals surface area (Å²) in [7, 11) is 1.33. The number of rotatable bonds is 7. The number of amides is 1. The molecule has 0 aliphatic carbocycles. The molecule has 0 radical (unpaired) electrons. The zero-order valence-electron chi connectivity index (χ0n) is 10.6. The molecule has 100 valence electrons. The van der Waals surface area contributed by atoms with Crippen LogP contribution in [-0.2, 0) is 16.1 Å². The van der Waals surface area contributed by atoms with Gasteiger partial charge in [-0.1, -0.05) is 0 Å². The minimum atomic E-state index is -0.406. The lowest BCUT2D eigenvalue weighted by Crippen LogP contribution is -2.17. The summed E-state index contributed by atoms with van der Waals surface area (Å²) in [5.74, 6) is 0.484. The van der Waals surface area contributed by atoms with Gasteiger partial charge in [-0.15, -0.1) is 0 Å². The van der Waals surface area contributed by atoms with Crippen molar-refractivity contribution in [2.75, 3.05) is 13.7 Å². The number of carbonyl (C=O) groups excluding carboxylic acids is 2. The van der Waals surface area contributed by atoms with Gasteiger partial charge in [-0.2, -0.15) is 0 Å². The Labute approximate surface area is 105 Å². The van der Waals surface area contributed by atoms with E-state index in [1.54, 1.807) is 13.0 Å². The van der Waals surface area contributed by atoms with Gasteiger partial charge < -0.3 is 20.2 Å². The van der Waals surface area contributed by atoms with Crippen molar-refractivity contribution in [3.8, 4) is 0 Å². The van der Waals surface area contributed by atoms with Crippen LogP contribution in [0.15, 0.2) is 10.5 Å².